The Labute approximate surface area is 594 Å². The first kappa shape index (κ1) is 76.6. The zero-order chi connectivity index (χ0) is 69.4. The zero-order valence-electron chi connectivity index (χ0n) is 57.7. The van der Waals surface area contributed by atoms with Crippen molar-refractivity contribution in [1.29, 1.82) is 0 Å². The Morgan fingerprint density at radius 2 is 1.06 bits per heavy atom. The van der Waals surface area contributed by atoms with E-state index in [1.807, 2.05) is 112 Å². The summed E-state index contributed by atoms with van der Waals surface area (Å²) < 4.78 is 26.7. The molecule has 0 unspecified atom stereocenters. The van der Waals surface area contributed by atoms with E-state index in [4.69, 9.17) is 18.0 Å². The van der Waals surface area contributed by atoms with Gasteiger partial charge in [0.15, 0.2) is 0 Å². The summed E-state index contributed by atoms with van der Waals surface area (Å²) in [5.74, 6) is -1.61. The maximum absolute atomic E-state index is 12.9. The molecule has 0 saturated carbocycles. The van der Waals surface area contributed by atoms with Crippen LogP contribution in [-0.4, -0.2) is 106 Å². The lowest BCUT2D eigenvalue weighted by Crippen LogP contribution is -3.00. The molecular formula is C81H86Cl2N6O11. The van der Waals surface area contributed by atoms with Gasteiger partial charge in [0.2, 0.25) is 5.36 Å². The maximum Gasteiger partial charge on any atom is 0.338 e. The molecule has 520 valence electrons. The van der Waals surface area contributed by atoms with Gasteiger partial charge < -0.3 is 60.8 Å². The van der Waals surface area contributed by atoms with E-state index in [-0.39, 0.29) is 54.9 Å². The Morgan fingerprint density at radius 1 is 0.530 bits per heavy atom. The van der Waals surface area contributed by atoms with Crippen LogP contribution < -0.4 is 48.2 Å². The van der Waals surface area contributed by atoms with Gasteiger partial charge in [0.25, 0.3) is 0 Å². The predicted molar refractivity (Wildman–Crippen MR) is 401 cm³/mol. The fraction of sp³-hybridized carbons (Fsp3) is 0.247. The van der Waals surface area contributed by atoms with Crippen molar-refractivity contribution in [3.8, 4) is 67.4 Å². The lowest BCUT2D eigenvalue weighted by Gasteiger charge is -2.22. The number of carboxylic acids is 3. The number of hydrogen-bond donors (Lipinski definition) is 4. The van der Waals surface area contributed by atoms with Crippen molar-refractivity contribution >= 4 is 86.3 Å². The molecule has 100 heavy (non-hydrogen) atoms. The van der Waals surface area contributed by atoms with Crippen molar-refractivity contribution in [2.75, 3.05) is 82.1 Å². The fourth-order valence-corrected chi connectivity index (χ4v) is 12.6. The summed E-state index contributed by atoms with van der Waals surface area (Å²) in [5, 5.41) is 37.8. The van der Waals surface area contributed by atoms with Gasteiger partial charge in [0.05, 0.1) is 45.6 Å². The van der Waals surface area contributed by atoms with Gasteiger partial charge in [-0.1, -0.05) is 49.9 Å². The van der Waals surface area contributed by atoms with E-state index in [1.54, 1.807) is 31.3 Å². The number of carbonyl (C=O) groups is 4. The first-order valence-corrected chi connectivity index (χ1v) is 32.7. The van der Waals surface area contributed by atoms with Crippen LogP contribution in [0.4, 0.5) is 17.1 Å². The molecule has 3 heterocycles. The van der Waals surface area contributed by atoms with Crippen molar-refractivity contribution in [1.82, 2.24) is 4.58 Å². The van der Waals surface area contributed by atoms with Crippen LogP contribution in [0.5, 0.6) is 0 Å². The molecule has 0 amide bonds. The normalized spacial score (nSPS) is 11.2. The number of aromatic carboxylic acids is 3. The Morgan fingerprint density at radius 3 is 1.62 bits per heavy atom. The van der Waals surface area contributed by atoms with Gasteiger partial charge in [0.1, 0.15) is 47.1 Å². The summed E-state index contributed by atoms with van der Waals surface area (Å²) in [6, 6.07) is 50.8. The molecule has 17 nitrogen and oxygen atoms in total. The Hall–Kier alpha value is -10.8. The van der Waals surface area contributed by atoms with Crippen LogP contribution in [-0.2, 0) is 4.74 Å². The van der Waals surface area contributed by atoms with Gasteiger partial charge in [-0.15, -0.1) is 12.4 Å². The molecule has 3 aliphatic heterocycles. The summed E-state index contributed by atoms with van der Waals surface area (Å²) in [7, 11) is 5.52. The van der Waals surface area contributed by atoms with Crippen molar-refractivity contribution in [2.24, 2.45) is 9.98 Å². The molecule has 19 heteroatoms. The highest BCUT2D eigenvalue weighted by atomic mass is 35.5. The summed E-state index contributed by atoms with van der Waals surface area (Å²) in [4.78, 5) is 61.4. The van der Waals surface area contributed by atoms with E-state index in [0.29, 0.717) is 52.3 Å². The quantitative estimate of drug-likeness (QED) is 0.0378. The molecule has 0 bridgehead atoms. The standard InChI is InChI=1S/2C28H30N2O3.C24H20N2O5.CH4.2ClH/c1-6-29-23-15-25-21(13-17(23)4)27(19-11-9-10-12-20(19)28(31)32-8-3)22-14-18(5)24(30-7-2)16-26(22)33-25;1-5-29(6-2)19-13-15-23-25(17-19)33-26-18-20(30(7-3)8-4)14-16-24(26)27(23)21-11-9-10-12-22(21)28(31)32;1-25-14-5-8-17-20(11-14)31-21-12-15(26(2)3)6-9-18(21)22(17)16-7-4-13(23(27)28)10-19(16)24(29)30;;;/h9-16,29H,6-8H2,1-5H3;9-18H,5-8H2,1-4H3;4-12H,1-3H3,(H,27,28)(H,29,30);1H4;2*1H. The number of hydrogen-bond acceptors (Lipinski definition) is 13. The van der Waals surface area contributed by atoms with Crippen molar-refractivity contribution in [3.05, 3.63) is 213 Å². The molecular weight excluding hydrogens is 1300 g/mol. The fourth-order valence-electron chi connectivity index (χ4n) is 12.6. The average molecular weight is 1390 g/mol. The maximum atomic E-state index is 12.9. The largest absolute Gasteiger partial charge is 1.00 e. The van der Waals surface area contributed by atoms with Crippen molar-refractivity contribution in [3.63, 3.8) is 0 Å². The van der Waals surface area contributed by atoms with Gasteiger partial charge in [-0.3, -0.25) is 9.98 Å². The number of nitrogens with zero attached hydrogens (tertiary/aromatic N) is 5. The first-order valence-electron chi connectivity index (χ1n) is 32.7. The number of benzene rings is 9. The molecule has 4 N–H and O–H groups in total. The van der Waals surface area contributed by atoms with Crippen LogP contribution in [0.3, 0.4) is 0 Å². The van der Waals surface area contributed by atoms with E-state index < -0.39 is 17.9 Å². The number of halogens is 2. The number of aryl methyl sites for hydroxylation is 2. The Bertz CT molecular complexity index is 5120. The lowest BCUT2D eigenvalue weighted by atomic mass is 9.89. The third-order valence-electron chi connectivity index (χ3n) is 17.4. The van der Waals surface area contributed by atoms with E-state index in [2.05, 4.69) is 122 Å². The molecule has 6 aromatic carbocycles. The third-order valence-corrected chi connectivity index (χ3v) is 17.4. The number of fused-ring (bicyclic) bond motifs is 6. The number of anilines is 3. The molecule has 6 aromatic rings. The van der Waals surface area contributed by atoms with E-state index in [1.165, 1.54) is 12.1 Å². The second-order valence-corrected chi connectivity index (χ2v) is 23.4. The lowest BCUT2D eigenvalue weighted by molar-refractivity contribution is -0.0000815. The highest BCUT2D eigenvalue weighted by Crippen LogP contribution is 2.46. The van der Waals surface area contributed by atoms with Crippen LogP contribution in [0.1, 0.15) is 108 Å². The second-order valence-electron chi connectivity index (χ2n) is 23.4. The highest BCUT2D eigenvalue weighted by Gasteiger charge is 2.27. The third kappa shape index (κ3) is 15.7. The van der Waals surface area contributed by atoms with Crippen molar-refractivity contribution in [2.45, 2.75) is 69.7 Å². The van der Waals surface area contributed by atoms with Crippen LogP contribution in [0.2, 0.25) is 0 Å². The van der Waals surface area contributed by atoms with E-state index in [0.717, 1.165) is 144 Å². The highest BCUT2D eigenvalue weighted by molar-refractivity contribution is 6.11. The SMILES string of the molecule is C.CCN(CC)c1ccc2c(-c3ccccc3C(=O)O)c3ccc(=[N+](CC)CC)cc-3oc2c1.CCN=c1cc2oc3cc(NCC)c(C)cc3c(-c3ccccc3C(=O)OCC)c-2cc1C.CN=c1ccc2c(-c3ccc(C(=O)O)cc3C(=O)O)c3ccc(N(C)C)cc3oc-2c1.Cl.[Cl-]. The van der Waals surface area contributed by atoms with E-state index >= 15 is 0 Å². The van der Waals surface area contributed by atoms with Crippen LogP contribution in [0.15, 0.2) is 187 Å². The Balaban J connectivity index is 0.000000208. The van der Waals surface area contributed by atoms with Gasteiger partial charge in [0, 0.05) is 150 Å². The topological polar surface area (TPSA) is 224 Å². The number of rotatable bonds is 17. The summed E-state index contributed by atoms with van der Waals surface area (Å²) >= 11 is 0. The second kappa shape index (κ2) is 33.7. The molecule has 6 aliphatic rings. The molecule has 12 rings (SSSR count). The summed E-state index contributed by atoms with van der Waals surface area (Å²) in [6.45, 7) is 24.0. The van der Waals surface area contributed by atoms with Gasteiger partial charge in [-0.2, -0.15) is 0 Å². The van der Waals surface area contributed by atoms with Crippen LogP contribution >= 0.6 is 12.4 Å². The number of carboxylic acid groups (broad SMARTS) is 3. The number of ether oxygens (including phenoxy) is 1. The van der Waals surface area contributed by atoms with E-state index in [9.17, 15) is 34.5 Å². The minimum absolute atomic E-state index is 0. The summed E-state index contributed by atoms with van der Waals surface area (Å²) in [5.41, 5.74) is 15.0. The molecule has 0 aromatic heterocycles. The monoisotopic (exact) mass is 1390 g/mol. The molecule has 3 aliphatic carbocycles. The molecule has 0 spiro atoms. The number of esters is 1. The van der Waals surface area contributed by atoms with Crippen LogP contribution in [0, 0.1) is 13.8 Å². The number of nitrogens with one attached hydrogen (secondary N) is 1. The molecule has 0 radical (unpaired) electrons. The van der Waals surface area contributed by atoms with Crippen LogP contribution in [0.25, 0.3) is 100 Å². The molecule has 0 fully saturated rings. The zero-order valence-corrected chi connectivity index (χ0v) is 59.2. The first-order chi connectivity index (χ1) is 46.8. The predicted octanol–water partition coefficient (Wildman–Crippen LogP) is 14.2. The molecule has 0 saturated heterocycles. The number of carbonyl (C=O) groups excluding carboxylic acids is 1. The summed E-state index contributed by atoms with van der Waals surface area (Å²) in [6.07, 6.45) is 0. The average Bonchev–Trinajstić information content (AvgIpc) is 0.758. The minimum atomic E-state index is -1.20. The van der Waals surface area contributed by atoms with Gasteiger partial charge in [-0.05, 0) is 169 Å². The van der Waals surface area contributed by atoms with Gasteiger partial charge >= 0.3 is 23.9 Å². The smallest absolute Gasteiger partial charge is 0.338 e. The minimum Gasteiger partial charge on any atom is -1.00 e. The van der Waals surface area contributed by atoms with Crippen molar-refractivity contribution < 1.29 is 64.9 Å². The van der Waals surface area contributed by atoms with Gasteiger partial charge in [-0.25, -0.2) is 23.8 Å². The Kier molecular flexibility index (Phi) is 25.8. The molecule has 0 atom stereocenters.